The topological polar surface area (TPSA) is 310 Å². The molecular weight excluding hydrogens is 847 g/mol. The smallest absolute Gasteiger partial charge is 0.311 e. The monoisotopic (exact) mass is 924 g/mol. The number of aliphatic hydroxyl groups excluding tert-OH is 9. The second-order valence-corrected chi connectivity index (χ2v) is 18.3. The summed E-state index contributed by atoms with van der Waals surface area (Å²) in [6, 6.07) is -1.02. The van der Waals surface area contributed by atoms with Crippen LogP contribution in [0, 0.1) is 23.7 Å². The summed E-state index contributed by atoms with van der Waals surface area (Å²) in [5.41, 5.74) is 6.10. The molecule has 2 unspecified atom stereocenters. The first-order valence-corrected chi connectivity index (χ1v) is 23.0. The number of fused-ring (bicyclic) bond motifs is 2. The summed E-state index contributed by atoms with van der Waals surface area (Å²) in [6.45, 7) is 6.88. The molecule has 3 heterocycles. The number of hydrogen-bond donors (Lipinski definition) is 12. The number of nitrogens with two attached hydrogens (primary N) is 1. The molecule has 0 aromatic heterocycles. The minimum Gasteiger partial charge on any atom is -0.481 e. The number of rotatable bonds is 3. The van der Waals surface area contributed by atoms with E-state index < -0.39 is 140 Å². The number of carbonyl (C=O) groups excluding carboxylic acids is 1. The van der Waals surface area contributed by atoms with E-state index in [0.717, 1.165) is 12.8 Å². The van der Waals surface area contributed by atoms with Gasteiger partial charge in [-0.15, -0.1) is 0 Å². The Kier molecular flexibility index (Phi) is 23.9. The molecule has 0 aliphatic carbocycles. The third-order valence-electron chi connectivity index (χ3n) is 12.7. The summed E-state index contributed by atoms with van der Waals surface area (Å²) in [5.74, 6) is -7.21. The van der Waals surface area contributed by atoms with Crippen molar-refractivity contribution in [1.82, 2.24) is 0 Å². The third kappa shape index (κ3) is 18.8. The first-order chi connectivity index (χ1) is 30.6. The molecule has 65 heavy (non-hydrogen) atoms. The van der Waals surface area contributed by atoms with Gasteiger partial charge in [-0.1, -0.05) is 86.8 Å². The number of aliphatic hydroxyl groups is 10. The van der Waals surface area contributed by atoms with Crippen LogP contribution >= 0.6 is 0 Å². The highest BCUT2D eigenvalue weighted by atomic mass is 16.6. The molecule has 19 atom stereocenters. The van der Waals surface area contributed by atoms with Gasteiger partial charge in [0.25, 0.3) is 0 Å². The van der Waals surface area contributed by atoms with Gasteiger partial charge in [0.05, 0.1) is 85.7 Å². The van der Waals surface area contributed by atoms with Crippen LogP contribution in [0.15, 0.2) is 72.9 Å². The summed E-state index contributed by atoms with van der Waals surface area (Å²) in [4.78, 5) is 25.1. The summed E-state index contributed by atoms with van der Waals surface area (Å²) >= 11 is 0. The van der Waals surface area contributed by atoms with Crippen LogP contribution in [-0.2, 0) is 23.8 Å². The van der Waals surface area contributed by atoms with Gasteiger partial charge in [0.2, 0.25) is 0 Å². The first-order valence-electron chi connectivity index (χ1n) is 23.0. The molecule has 0 saturated carbocycles. The minimum absolute atomic E-state index is 0.0864. The fourth-order valence-corrected chi connectivity index (χ4v) is 8.63. The van der Waals surface area contributed by atoms with E-state index in [1.807, 2.05) is 55.5 Å². The van der Waals surface area contributed by atoms with Crippen LogP contribution < -0.4 is 5.73 Å². The standard InChI is InChI=1S/C48H77NO16/c1-28-17-15-13-11-9-7-5-6-8-10-12-14-16-18-32(22-40-46(59)43(49)45(58)31(4)63-40)21-39-42(47(60)61)38(55)27-48(62,65-39)26-37(54)36(53)20-19-33(50)23-34(51)24-35(52)25-41(56)64-30(3)29(2)44(28)57/h5-6,8,10-18,28-40,42-46,50-55,57-59,62H,7,9,19-27,49H2,1-4H3,(H,60,61)/b6-5+,10-8+,13-11+,14-12+,17-15+,18-16+/t28-,29-,30-,31?,32-,33+,34+,35+,36+,37+,38-,39-,40-,42+,43+,44+,45+,46?,48+/m0/s1. The maximum Gasteiger partial charge on any atom is 0.311 e. The average molecular weight is 924 g/mol. The number of aliphatic carboxylic acids is 1. The van der Waals surface area contributed by atoms with Gasteiger partial charge < -0.3 is 76.1 Å². The maximum absolute atomic E-state index is 12.6. The van der Waals surface area contributed by atoms with Crippen molar-refractivity contribution in [2.75, 3.05) is 0 Å². The molecule has 17 nitrogen and oxygen atoms in total. The van der Waals surface area contributed by atoms with Crippen molar-refractivity contribution >= 4 is 11.9 Å². The van der Waals surface area contributed by atoms with Crippen LogP contribution in [0.2, 0.25) is 0 Å². The zero-order valence-electron chi connectivity index (χ0n) is 38.1. The van der Waals surface area contributed by atoms with Crippen molar-refractivity contribution in [3.63, 3.8) is 0 Å². The second-order valence-electron chi connectivity index (χ2n) is 18.3. The summed E-state index contributed by atoms with van der Waals surface area (Å²) in [6.07, 6.45) is 5.71. The summed E-state index contributed by atoms with van der Waals surface area (Å²) < 4.78 is 17.4. The zero-order valence-corrected chi connectivity index (χ0v) is 38.1. The fourth-order valence-electron chi connectivity index (χ4n) is 8.63. The number of carboxylic acid groups (broad SMARTS) is 1. The fraction of sp³-hybridized carbons (Fsp3) is 0.708. The lowest BCUT2D eigenvalue weighted by Crippen LogP contribution is -2.60. The van der Waals surface area contributed by atoms with Crippen molar-refractivity contribution in [3.8, 4) is 0 Å². The van der Waals surface area contributed by atoms with Gasteiger partial charge in [0.15, 0.2) is 5.79 Å². The quantitative estimate of drug-likeness (QED) is 0.179. The van der Waals surface area contributed by atoms with Crippen molar-refractivity contribution in [2.45, 2.75) is 190 Å². The van der Waals surface area contributed by atoms with Gasteiger partial charge in [0, 0.05) is 24.7 Å². The third-order valence-corrected chi connectivity index (χ3v) is 12.7. The molecule has 0 aromatic carbocycles. The lowest BCUT2D eigenvalue weighted by Gasteiger charge is -2.45. The Balaban J connectivity index is 1.84. The van der Waals surface area contributed by atoms with Crippen LogP contribution in [0.5, 0.6) is 0 Å². The molecule has 0 amide bonds. The SMILES string of the molecule is CC1O[C@@H](C[C@H]2/C=C/C=C/C=C/C=C/CC/C=C/C=C/[C@H](C)[C@@H](O)[C@@H](C)[C@H](C)OC(=O)C[C@H](O)C[C@H](O)C[C@H](O)CC[C@@H](O)[C@H](O)C[C@]3(O)C[C@H](O)[C@@H](C(=O)O)[C@H](C2)O3)C(O)[C@H](N)[C@@H]1O. The largest absolute Gasteiger partial charge is 0.481 e. The van der Waals surface area contributed by atoms with Crippen molar-refractivity contribution in [3.05, 3.63) is 72.9 Å². The Hall–Kier alpha value is -3.14. The van der Waals surface area contributed by atoms with Crippen LogP contribution in [-0.4, -0.2) is 159 Å². The van der Waals surface area contributed by atoms with Crippen molar-refractivity contribution < 1.29 is 80.0 Å². The number of cyclic esters (lactones) is 1. The predicted molar refractivity (Wildman–Crippen MR) is 240 cm³/mol. The molecule has 13 N–H and O–H groups in total. The molecule has 2 fully saturated rings. The second kappa shape index (κ2) is 27.6. The maximum atomic E-state index is 12.6. The molecule has 2 bridgehead atoms. The molecule has 2 saturated heterocycles. The lowest BCUT2D eigenvalue weighted by molar-refractivity contribution is -0.302. The molecule has 17 heteroatoms. The molecule has 3 aliphatic rings. The average Bonchev–Trinajstić information content (AvgIpc) is 3.21. The van der Waals surface area contributed by atoms with Crippen LogP contribution in [0.25, 0.3) is 0 Å². The Morgan fingerprint density at radius 1 is 0.692 bits per heavy atom. The Bertz CT molecular complexity index is 1620. The van der Waals surface area contributed by atoms with Crippen LogP contribution in [0.3, 0.4) is 0 Å². The molecule has 0 radical (unpaired) electrons. The molecule has 0 spiro atoms. The van der Waals surface area contributed by atoms with E-state index >= 15 is 0 Å². The van der Waals surface area contributed by atoms with Crippen LogP contribution in [0.4, 0.5) is 0 Å². The van der Waals surface area contributed by atoms with E-state index in [1.165, 1.54) is 0 Å². The molecule has 0 aromatic rings. The van der Waals surface area contributed by atoms with Gasteiger partial charge in [-0.05, 0) is 71.1 Å². The summed E-state index contributed by atoms with van der Waals surface area (Å²) in [7, 11) is 0. The van der Waals surface area contributed by atoms with Gasteiger partial charge in [-0.25, -0.2) is 0 Å². The van der Waals surface area contributed by atoms with Gasteiger partial charge in [-0.3, -0.25) is 9.59 Å². The molecular formula is C48H77NO16. The number of allylic oxidation sites excluding steroid dienone is 11. The minimum atomic E-state index is -2.30. The van der Waals surface area contributed by atoms with Crippen molar-refractivity contribution in [1.29, 1.82) is 0 Å². The Morgan fingerprint density at radius 3 is 1.94 bits per heavy atom. The first kappa shape index (κ1) is 56.2. The Labute approximate surface area is 382 Å². The van der Waals surface area contributed by atoms with Gasteiger partial charge in [-0.2, -0.15) is 0 Å². The molecule has 370 valence electrons. The van der Waals surface area contributed by atoms with E-state index in [-0.39, 0.29) is 44.4 Å². The molecule has 3 rings (SSSR count). The zero-order chi connectivity index (χ0) is 48.4. The number of carbonyl (C=O) groups is 2. The number of carboxylic acids is 1. The highest BCUT2D eigenvalue weighted by Crippen LogP contribution is 2.39. The highest BCUT2D eigenvalue weighted by Gasteiger charge is 2.51. The number of hydrogen-bond acceptors (Lipinski definition) is 16. The van der Waals surface area contributed by atoms with Crippen LogP contribution in [0.1, 0.15) is 98.3 Å². The van der Waals surface area contributed by atoms with Gasteiger partial charge >= 0.3 is 11.9 Å². The van der Waals surface area contributed by atoms with Gasteiger partial charge in [0.1, 0.15) is 12.0 Å². The van der Waals surface area contributed by atoms with E-state index in [1.54, 1.807) is 45.1 Å². The Morgan fingerprint density at radius 2 is 1.28 bits per heavy atom. The van der Waals surface area contributed by atoms with E-state index in [9.17, 15) is 65.8 Å². The molecule has 3 aliphatic heterocycles. The van der Waals surface area contributed by atoms with E-state index in [2.05, 4.69) is 0 Å². The number of esters is 1. The van der Waals surface area contributed by atoms with E-state index in [4.69, 9.17) is 19.9 Å². The highest BCUT2D eigenvalue weighted by molar-refractivity contribution is 5.71. The lowest BCUT2D eigenvalue weighted by atomic mass is 9.79. The summed E-state index contributed by atoms with van der Waals surface area (Å²) in [5, 5.41) is 119. The normalized spacial score (nSPS) is 45.2. The number of ether oxygens (including phenoxy) is 3. The van der Waals surface area contributed by atoms with Crippen molar-refractivity contribution in [2.24, 2.45) is 29.4 Å². The predicted octanol–water partition coefficient (Wildman–Crippen LogP) is 1.60. The van der Waals surface area contributed by atoms with E-state index in [0.29, 0.717) is 0 Å².